The molecule has 0 fully saturated rings. The zero-order valence-electron chi connectivity index (χ0n) is 11.0. The van der Waals surface area contributed by atoms with E-state index in [0.717, 1.165) is 22.2 Å². The van der Waals surface area contributed by atoms with Crippen LogP contribution in [0, 0.1) is 0 Å². The highest BCUT2D eigenvalue weighted by Crippen LogP contribution is 2.26. The quantitative estimate of drug-likeness (QED) is 0.802. The number of aliphatic hydroxyl groups excluding tert-OH is 2. The first-order chi connectivity index (χ1) is 9.63. The molecule has 1 heterocycles. The van der Waals surface area contributed by atoms with Gasteiger partial charge in [0.05, 0.1) is 25.3 Å². The lowest BCUT2D eigenvalue weighted by Crippen LogP contribution is -2.14. The van der Waals surface area contributed by atoms with Gasteiger partial charge in [-0.15, -0.1) is 0 Å². The maximum absolute atomic E-state index is 9.30. The van der Waals surface area contributed by atoms with Gasteiger partial charge in [0.1, 0.15) is 10.9 Å². The van der Waals surface area contributed by atoms with Crippen LogP contribution in [0.3, 0.4) is 0 Å². The molecular formula is C14H16ClNO3S. The van der Waals surface area contributed by atoms with Gasteiger partial charge in [-0.05, 0) is 18.2 Å². The summed E-state index contributed by atoms with van der Waals surface area (Å²) in [4.78, 5) is 4.36. The Bertz CT molecular complexity index is 594. The fraction of sp³-hybridized carbons (Fsp3) is 0.357. The van der Waals surface area contributed by atoms with Crippen molar-refractivity contribution in [1.29, 1.82) is 0 Å². The largest absolute Gasteiger partial charge is 0.497 e. The maximum atomic E-state index is 9.30. The fourth-order valence-electron chi connectivity index (χ4n) is 1.75. The molecular weight excluding hydrogens is 298 g/mol. The summed E-state index contributed by atoms with van der Waals surface area (Å²) >= 11 is 7.68. The SMILES string of the molecule is COc1ccc2cc(CSCC(O)CO)c(Cl)nc2c1. The number of hydrogen-bond acceptors (Lipinski definition) is 5. The van der Waals surface area contributed by atoms with Crippen LogP contribution in [0.1, 0.15) is 5.56 Å². The van der Waals surface area contributed by atoms with Crippen molar-refractivity contribution >= 4 is 34.3 Å². The highest BCUT2D eigenvalue weighted by molar-refractivity contribution is 7.98. The van der Waals surface area contributed by atoms with Crippen LogP contribution in [0.5, 0.6) is 5.75 Å². The Balaban J connectivity index is 2.16. The number of benzene rings is 1. The molecule has 0 aliphatic rings. The number of aliphatic hydroxyl groups is 2. The molecule has 0 radical (unpaired) electrons. The molecule has 1 atom stereocenters. The van der Waals surface area contributed by atoms with Gasteiger partial charge in [0.15, 0.2) is 0 Å². The highest BCUT2D eigenvalue weighted by atomic mass is 35.5. The Kier molecular flexibility index (Phi) is 5.48. The van der Waals surface area contributed by atoms with Crippen LogP contribution < -0.4 is 4.74 Å². The lowest BCUT2D eigenvalue weighted by Gasteiger charge is -2.09. The van der Waals surface area contributed by atoms with Crippen molar-refractivity contribution in [1.82, 2.24) is 4.98 Å². The Morgan fingerprint density at radius 2 is 2.20 bits per heavy atom. The molecule has 2 aromatic rings. The van der Waals surface area contributed by atoms with Crippen LogP contribution in [0.15, 0.2) is 24.3 Å². The van der Waals surface area contributed by atoms with E-state index in [2.05, 4.69) is 4.98 Å². The van der Waals surface area contributed by atoms with Gasteiger partial charge in [-0.25, -0.2) is 4.98 Å². The van der Waals surface area contributed by atoms with Crippen molar-refractivity contribution in [2.75, 3.05) is 19.5 Å². The first-order valence-corrected chi connectivity index (χ1v) is 7.67. The van der Waals surface area contributed by atoms with Crippen molar-refractivity contribution in [3.8, 4) is 5.75 Å². The summed E-state index contributed by atoms with van der Waals surface area (Å²) in [6.45, 7) is -0.226. The number of nitrogens with zero attached hydrogens (tertiary/aromatic N) is 1. The third kappa shape index (κ3) is 3.76. The number of thioether (sulfide) groups is 1. The second-order valence-corrected chi connectivity index (χ2v) is 5.74. The van der Waals surface area contributed by atoms with E-state index < -0.39 is 6.10 Å². The topological polar surface area (TPSA) is 62.6 Å². The number of hydrogen-bond donors (Lipinski definition) is 2. The smallest absolute Gasteiger partial charge is 0.133 e. The third-order valence-corrected chi connectivity index (χ3v) is 4.29. The molecule has 1 aromatic carbocycles. The predicted molar refractivity (Wildman–Crippen MR) is 82.6 cm³/mol. The van der Waals surface area contributed by atoms with Crippen molar-refractivity contribution in [3.05, 3.63) is 35.0 Å². The lowest BCUT2D eigenvalue weighted by molar-refractivity contribution is 0.113. The molecule has 0 amide bonds. The van der Waals surface area contributed by atoms with Gasteiger partial charge in [0, 0.05) is 28.5 Å². The van der Waals surface area contributed by atoms with Crippen LogP contribution in [-0.2, 0) is 5.75 Å². The molecule has 6 heteroatoms. The first-order valence-electron chi connectivity index (χ1n) is 6.14. The number of aromatic nitrogens is 1. The standard InChI is InChI=1S/C14H16ClNO3S/c1-19-12-3-2-9-4-10(7-20-8-11(18)6-17)14(15)16-13(9)5-12/h2-5,11,17-18H,6-8H2,1H3. The number of methoxy groups -OCH3 is 1. The molecule has 108 valence electrons. The predicted octanol–water partition coefficient (Wildman–Crippen LogP) is 2.48. The van der Waals surface area contributed by atoms with E-state index in [1.807, 2.05) is 24.3 Å². The van der Waals surface area contributed by atoms with Crippen LogP contribution in [-0.4, -0.2) is 40.8 Å². The van der Waals surface area contributed by atoms with Gasteiger partial charge < -0.3 is 14.9 Å². The maximum Gasteiger partial charge on any atom is 0.133 e. The van der Waals surface area contributed by atoms with Crippen molar-refractivity contribution in [3.63, 3.8) is 0 Å². The van der Waals surface area contributed by atoms with Gasteiger partial charge in [-0.3, -0.25) is 0 Å². The minimum Gasteiger partial charge on any atom is -0.497 e. The monoisotopic (exact) mass is 313 g/mol. The van der Waals surface area contributed by atoms with Gasteiger partial charge in [-0.2, -0.15) is 11.8 Å². The first kappa shape index (κ1) is 15.4. The Hall–Kier alpha value is -1.01. The molecule has 20 heavy (non-hydrogen) atoms. The van der Waals surface area contributed by atoms with Crippen LogP contribution in [0.4, 0.5) is 0 Å². The summed E-state index contributed by atoms with van der Waals surface area (Å²) in [5.74, 6) is 1.85. The van der Waals surface area contributed by atoms with Crippen molar-refractivity contribution < 1.29 is 14.9 Å². The van der Waals surface area contributed by atoms with E-state index >= 15 is 0 Å². The zero-order chi connectivity index (χ0) is 14.5. The van der Waals surface area contributed by atoms with E-state index in [1.165, 1.54) is 11.8 Å². The van der Waals surface area contributed by atoms with E-state index in [0.29, 0.717) is 16.7 Å². The highest BCUT2D eigenvalue weighted by Gasteiger charge is 2.08. The molecule has 0 spiro atoms. The summed E-state index contributed by atoms with van der Waals surface area (Å²) in [5, 5.41) is 19.5. The van der Waals surface area contributed by atoms with Crippen LogP contribution in [0.25, 0.3) is 10.9 Å². The van der Waals surface area contributed by atoms with E-state index in [-0.39, 0.29) is 6.61 Å². The molecule has 0 saturated carbocycles. The Morgan fingerprint density at radius 3 is 2.90 bits per heavy atom. The minimum atomic E-state index is -0.698. The van der Waals surface area contributed by atoms with E-state index in [4.69, 9.17) is 21.4 Å². The molecule has 0 aliphatic carbocycles. The summed E-state index contributed by atoms with van der Waals surface area (Å²) in [5.41, 5.74) is 1.71. The molecule has 0 aliphatic heterocycles. The molecule has 0 bridgehead atoms. The van der Waals surface area contributed by atoms with Gasteiger partial charge in [0.2, 0.25) is 0 Å². The van der Waals surface area contributed by atoms with Crippen LogP contribution >= 0.6 is 23.4 Å². The van der Waals surface area contributed by atoms with E-state index in [1.54, 1.807) is 7.11 Å². The molecule has 1 aromatic heterocycles. The molecule has 1 unspecified atom stereocenters. The second kappa shape index (κ2) is 7.13. The van der Waals surface area contributed by atoms with E-state index in [9.17, 15) is 5.11 Å². The number of halogens is 1. The molecule has 4 nitrogen and oxygen atoms in total. The fourth-order valence-corrected chi connectivity index (χ4v) is 2.98. The molecule has 2 rings (SSSR count). The van der Waals surface area contributed by atoms with Gasteiger partial charge >= 0.3 is 0 Å². The molecule has 0 saturated heterocycles. The average Bonchev–Trinajstić information content (AvgIpc) is 2.46. The Labute approximate surface area is 126 Å². The van der Waals surface area contributed by atoms with Gasteiger partial charge in [0.25, 0.3) is 0 Å². The minimum absolute atomic E-state index is 0.226. The van der Waals surface area contributed by atoms with Crippen molar-refractivity contribution in [2.24, 2.45) is 0 Å². The summed E-state index contributed by atoms with van der Waals surface area (Å²) in [6.07, 6.45) is -0.698. The molecule has 2 N–H and O–H groups in total. The lowest BCUT2D eigenvalue weighted by atomic mass is 10.1. The van der Waals surface area contributed by atoms with Gasteiger partial charge in [-0.1, -0.05) is 11.6 Å². The summed E-state index contributed by atoms with van der Waals surface area (Å²) in [6, 6.07) is 7.65. The average molecular weight is 314 g/mol. The second-order valence-electron chi connectivity index (χ2n) is 4.35. The zero-order valence-corrected chi connectivity index (χ0v) is 12.6. The van der Waals surface area contributed by atoms with Crippen molar-refractivity contribution in [2.45, 2.75) is 11.9 Å². The summed E-state index contributed by atoms with van der Waals surface area (Å²) < 4.78 is 5.16. The Morgan fingerprint density at radius 1 is 1.40 bits per heavy atom. The van der Waals surface area contributed by atoms with Crippen LogP contribution in [0.2, 0.25) is 5.15 Å². The number of ether oxygens (including phenoxy) is 1. The third-order valence-electron chi connectivity index (χ3n) is 2.83. The number of pyridine rings is 1. The number of fused-ring (bicyclic) bond motifs is 1. The number of rotatable bonds is 6. The summed E-state index contributed by atoms with van der Waals surface area (Å²) in [7, 11) is 1.61. The normalized spacial score (nSPS) is 12.6.